The highest BCUT2D eigenvalue weighted by Gasteiger charge is 2.59. The maximum absolute atomic E-state index is 14.1. The first-order valence-corrected chi connectivity index (χ1v) is 10.5. The molecule has 2 bridgehead atoms. The van der Waals surface area contributed by atoms with Crippen molar-refractivity contribution in [3.8, 4) is 0 Å². The Morgan fingerprint density at radius 3 is 2.27 bits per heavy atom. The van der Waals surface area contributed by atoms with E-state index in [1.54, 1.807) is 13.0 Å². The summed E-state index contributed by atoms with van der Waals surface area (Å²) in [5.74, 6) is -1.34. The van der Waals surface area contributed by atoms with Crippen LogP contribution in [0, 0.1) is 12.3 Å². The zero-order valence-corrected chi connectivity index (χ0v) is 16.7. The van der Waals surface area contributed by atoms with E-state index in [1.165, 1.54) is 14.2 Å². The number of benzene rings is 1. The van der Waals surface area contributed by atoms with Crippen molar-refractivity contribution in [1.82, 2.24) is 0 Å². The van der Waals surface area contributed by atoms with E-state index in [1.807, 2.05) is 31.2 Å². The minimum absolute atomic E-state index is 0.0846. The van der Waals surface area contributed by atoms with Crippen LogP contribution in [0.2, 0.25) is 0 Å². The van der Waals surface area contributed by atoms with Crippen LogP contribution in [-0.4, -0.2) is 38.0 Å². The summed E-state index contributed by atoms with van der Waals surface area (Å²) in [7, 11) is -0.611. The van der Waals surface area contributed by atoms with E-state index >= 15 is 0 Å². The third kappa shape index (κ3) is 2.57. The Kier molecular flexibility index (Phi) is 4.66. The van der Waals surface area contributed by atoms with Crippen LogP contribution >= 0.6 is 18.7 Å². The van der Waals surface area contributed by atoms with Gasteiger partial charge in [0.05, 0.1) is 31.0 Å². The molecule has 2 aliphatic heterocycles. The fraction of sp³-hybridized carbons (Fsp3) is 0.368. The van der Waals surface area contributed by atoms with E-state index in [-0.39, 0.29) is 17.3 Å². The van der Waals surface area contributed by atoms with E-state index in [0.29, 0.717) is 10.3 Å². The van der Waals surface area contributed by atoms with Crippen LogP contribution in [0.5, 0.6) is 0 Å². The molecule has 3 unspecified atom stereocenters. The molecule has 1 aliphatic carbocycles. The molecule has 0 saturated heterocycles. The predicted octanol–water partition coefficient (Wildman–Crippen LogP) is 3.15. The van der Waals surface area contributed by atoms with E-state index < -0.39 is 30.2 Å². The van der Waals surface area contributed by atoms with Gasteiger partial charge in [0.2, 0.25) is 0 Å². The fourth-order valence-electron chi connectivity index (χ4n) is 3.84. The average Bonchev–Trinajstić information content (AvgIpc) is 2.61. The van der Waals surface area contributed by atoms with E-state index in [4.69, 9.17) is 21.1 Å². The zero-order chi connectivity index (χ0) is 19.3. The van der Waals surface area contributed by atoms with Gasteiger partial charge in [0.25, 0.3) is 0 Å². The van der Waals surface area contributed by atoms with Gasteiger partial charge >= 0.3 is 11.9 Å². The largest absolute Gasteiger partial charge is 0.466 e. The molecule has 4 rings (SSSR count). The van der Waals surface area contributed by atoms with Crippen molar-refractivity contribution in [2.75, 3.05) is 20.4 Å². The van der Waals surface area contributed by atoms with Gasteiger partial charge in [0, 0.05) is 21.9 Å². The maximum atomic E-state index is 14.1. The van der Waals surface area contributed by atoms with E-state index in [2.05, 4.69) is 0 Å². The Labute approximate surface area is 157 Å². The van der Waals surface area contributed by atoms with Gasteiger partial charge in [-0.1, -0.05) is 47.5 Å². The quantitative estimate of drug-likeness (QED) is 0.582. The molecule has 3 atom stereocenters. The summed E-state index contributed by atoms with van der Waals surface area (Å²) >= 11 is 6.45. The SMILES string of the molecule is COC(=O)C1=C(C(=O)OC)C2(C)CP(=O)(c3ccc(C)cc3)C1C=C2Cl. The number of fused-ring (bicyclic) bond motifs is 1. The lowest BCUT2D eigenvalue weighted by molar-refractivity contribution is -0.140. The first-order valence-electron chi connectivity index (χ1n) is 8.14. The molecule has 138 valence electrons. The van der Waals surface area contributed by atoms with Crippen LogP contribution in [0.4, 0.5) is 0 Å². The van der Waals surface area contributed by atoms with Crippen molar-refractivity contribution < 1.29 is 23.6 Å². The third-order valence-corrected chi connectivity index (χ3v) is 9.34. The van der Waals surface area contributed by atoms with Crippen LogP contribution in [0.3, 0.4) is 0 Å². The van der Waals surface area contributed by atoms with Crippen LogP contribution in [0.1, 0.15) is 12.5 Å². The summed E-state index contributed by atoms with van der Waals surface area (Å²) in [6.45, 7) is 3.66. The van der Waals surface area contributed by atoms with Gasteiger partial charge in [-0.05, 0) is 13.8 Å². The topological polar surface area (TPSA) is 69.7 Å². The average molecular weight is 395 g/mol. The number of carbonyl (C=O) groups excluding carboxylic acids is 2. The second kappa shape index (κ2) is 6.40. The monoisotopic (exact) mass is 394 g/mol. The third-order valence-electron chi connectivity index (χ3n) is 5.21. The summed E-state index contributed by atoms with van der Waals surface area (Å²) in [5.41, 5.74) is -0.598. The molecule has 0 amide bonds. The van der Waals surface area contributed by atoms with Gasteiger partial charge in [-0.2, -0.15) is 0 Å². The van der Waals surface area contributed by atoms with Crippen molar-refractivity contribution in [1.29, 1.82) is 0 Å². The Balaban J connectivity index is 2.29. The highest BCUT2D eigenvalue weighted by molar-refractivity contribution is 7.73. The highest BCUT2D eigenvalue weighted by atomic mass is 35.5. The Hall–Kier alpha value is -1.84. The number of aryl methyl sites for hydroxylation is 1. The number of halogens is 1. The molecule has 0 saturated carbocycles. The number of carbonyl (C=O) groups is 2. The van der Waals surface area contributed by atoms with Gasteiger partial charge in [0.1, 0.15) is 7.14 Å². The van der Waals surface area contributed by atoms with Crippen molar-refractivity contribution in [3.63, 3.8) is 0 Å². The van der Waals surface area contributed by atoms with E-state index in [0.717, 1.165) is 5.56 Å². The molecule has 5 nitrogen and oxygen atoms in total. The number of hydrogen-bond acceptors (Lipinski definition) is 5. The summed E-state index contributed by atoms with van der Waals surface area (Å²) in [6.07, 6.45) is 1.79. The molecule has 0 N–H and O–H groups in total. The van der Waals surface area contributed by atoms with Gasteiger partial charge < -0.3 is 14.0 Å². The van der Waals surface area contributed by atoms with E-state index in [9.17, 15) is 14.2 Å². The van der Waals surface area contributed by atoms with Crippen molar-refractivity contribution in [2.45, 2.75) is 19.5 Å². The van der Waals surface area contributed by atoms with Gasteiger partial charge in [-0.15, -0.1) is 0 Å². The molecule has 2 heterocycles. The van der Waals surface area contributed by atoms with Crippen molar-refractivity contribution in [2.24, 2.45) is 5.41 Å². The standard InChI is InChI=1S/C19H20ClO5P/c1-11-5-7-12(8-6-11)26(23)10-19(2)14(20)9-13(26)15(17(21)24-3)16(19)18(22)25-4/h5-9,13H,10H2,1-4H3. The van der Waals surface area contributed by atoms with Gasteiger partial charge in [-0.3, -0.25) is 0 Å². The molecular weight excluding hydrogens is 375 g/mol. The minimum Gasteiger partial charge on any atom is -0.466 e. The van der Waals surface area contributed by atoms with Gasteiger partial charge in [-0.25, -0.2) is 9.59 Å². The number of hydrogen-bond donors (Lipinski definition) is 0. The van der Waals surface area contributed by atoms with Crippen molar-refractivity contribution in [3.05, 3.63) is 52.1 Å². The summed E-state index contributed by atoms with van der Waals surface area (Å²) in [4.78, 5) is 25.0. The Morgan fingerprint density at radius 2 is 1.73 bits per heavy atom. The van der Waals surface area contributed by atoms with Crippen molar-refractivity contribution >= 4 is 36.0 Å². The lowest BCUT2D eigenvalue weighted by Crippen LogP contribution is -2.46. The molecule has 0 radical (unpaired) electrons. The van der Waals surface area contributed by atoms with Crippen LogP contribution in [-0.2, 0) is 23.6 Å². The van der Waals surface area contributed by atoms with Gasteiger partial charge in [0.15, 0.2) is 0 Å². The maximum Gasteiger partial charge on any atom is 0.335 e. The number of methoxy groups -OCH3 is 2. The smallest absolute Gasteiger partial charge is 0.335 e. The molecular formula is C19H20ClO5P. The molecule has 3 aliphatic rings. The number of ether oxygens (including phenoxy) is 2. The molecule has 1 aromatic rings. The lowest BCUT2D eigenvalue weighted by atomic mass is 9.75. The second-order valence-electron chi connectivity index (χ2n) is 6.85. The lowest BCUT2D eigenvalue weighted by Gasteiger charge is -2.47. The molecule has 26 heavy (non-hydrogen) atoms. The first kappa shape index (κ1) is 18.9. The molecule has 7 heteroatoms. The highest BCUT2D eigenvalue weighted by Crippen LogP contribution is 2.68. The Bertz CT molecular complexity index is 899. The predicted molar refractivity (Wildman–Crippen MR) is 100 cm³/mol. The first-order chi connectivity index (χ1) is 12.2. The Morgan fingerprint density at radius 1 is 1.15 bits per heavy atom. The summed E-state index contributed by atoms with van der Waals surface area (Å²) < 4.78 is 23.9. The molecule has 0 fully saturated rings. The second-order valence-corrected chi connectivity index (χ2v) is 10.2. The normalized spacial score (nSPS) is 30.0. The van der Waals surface area contributed by atoms with Crippen LogP contribution < -0.4 is 5.30 Å². The molecule has 0 spiro atoms. The minimum atomic E-state index is -3.09. The molecule has 0 aromatic heterocycles. The summed E-state index contributed by atoms with van der Waals surface area (Å²) in [5, 5.41) is 1.05. The fourth-order valence-corrected chi connectivity index (χ4v) is 7.97. The summed E-state index contributed by atoms with van der Waals surface area (Å²) in [6, 6.07) is 7.39. The zero-order valence-electron chi connectivity index (χ0n) is 15.0. The van der Waals surface area contributed by atoms with Crippen LogP contribution in [0.25, 0.3) is 0 Å². The number of allylic oxidation sites excluding steroid dienone is 2. The molecule has 1 aromatic carbocycles. The number of esters is 2. The number of rotatable bonds is 3. The van der Waals surface area contributed by atoms with Crippen LogP contribution in [0.15, 0.2) is 46.5 Å².